The van der Waals surface area contributed by atoms with Crippen molar-refractivity contribution in [2.24, 2.45) is 0 Å². The van der Waals surface area contributed by atoms with Crippen molar-refractivity contribution in [2.75, 3.05) is 32.7 Å². The summed E-state index contributed by atoms with van der Waals surface area (Å²) in [5.41, 5.74) is 0. The van der Waals surface area contributed by atoms with E-state index >= 15 is 0 Å². The fourth-order valence-corrected chi connectivity index (χ4v) is 1.33. The number of hydrogen-bond acceptors (Lipinski definition) is 3. The Labute approximate surface area is 86.3 Å². The van der Waals surface area contributed by atoms with Gasteiger partial charge in [-0.3, -0.25) is 9.69 Å². The van der Waals surface area contributed by atoms with Gasteiger partial charge >= 0.3 is 0 Å². The quantitative estimate of drug-likeness (QED) is 0.600. The number of hydrogen-bond donors (Lipinski definition) is 1. The van der Waals surface area contributed by atoms with E-state index < -0.39 is 0 Å². The molecule has 1 saturated heterocycles. The van der Waals surface area contributed by atoms with Crippen molar-refractivity contribution in [3.8, 4) is 0 Å². The van der Waals surface area contributed by atoms with E-state index in [1.165, 1.54) is 0 Å². The summed E-state index contributed by atoms with van der Waals surface area (Å²) in [7, 11) is 0. The Balaban J connectivity index is 2.29. The third-order valence-corrected chi connectivity index (χ3v) is 2.48. The predicted octanol–water partition coefficient (Wildman–Crippen LogP) is 0.409. The van der Waals surface area contributed by atoms with Crippen molar-refractivity contribution < 1.29 is 4.79 Å². The van der Waals surface area contributed by atoms with E-state index in [4.69, 9.17) is 0 Å². The normalized spacial score (nSPS) is 19.1. The Morgan fingerprint density at radius 2 is 2.08 bits per heavy atom. The lowest BCUT2D eigenvalue weighted by atomic mass is 10.3. The second-order valence-electron chi connectivity index (χ2n) is 2.85. The third kappa shape index (κ3) is 3.20. The predicted molar refractivity (Wildman–Crippen MR) is 57.5 cm³/mol. The Morgan fingerprint density at radius 3 is 2.58 bits per heavy atom. The number of nitrogens with one attached hydrogen (secondary N) is 1. The molecule has 1 aliphatic heterocycles. The van der Waals surface area contributed by atoms with Crippen LogP contribution in [0.5, 0.6) is 0 Å². The molecule has 0 aromatic carbocycles. The lowest BCUT2D eigenvalue weighted by molar-refractivity contribution is -0.115. The van der Waals surface area contributed by atoms with Crippen LogP contribution in [0.1, 0.15) is 0 Å². The van der Waals surface area contributed by atoms with Gasteiger partial charge in [0.25, 0.3) is 0 Å². The smallest absolute Gasteiger partial charge is 0.182 e. The summed E-state index contributed by atoms with van der Waals surface area (Å²) in [5.74, 6) is 0.150. The molecular formula is C8H13IN2O. The molecule has 0 spiro atoms. The molecule has 1 N–H and O–H groups in total. The number of Topliss-reactive ketones (excluding diaryl/α,β-unsaturated/α-hetero) is 1. The van der Waals surface area contributed by atoms with Crippen LogP contribution in [0.2, 0.25) is 0 Å². The van der Waals surface area contributed by atoms with E-state index in [0.717, 1.165) is 26.2 Å². The number of nitrogens with zero attached hydrogens (tertiary/aromatic N) is 1. The molecule has 0 amide bonds. The van der Waals surface area contributed by atoms with Crippen LogP contribution in [-0.4, -0.2) is 43.4 Å². The molecule has 1 fully saturated rings. The minimum Gasteiger partial charge on any atom is -0.314 e. The summed E-state index contributed by atoms with van der Waals surface area (Å²) in [5, 5.41) is 3.24. The molecule has 0 radical (unpaired) electrons. The van der Waals surface area contributed by atoms with Gasteiger partial charge in [-0.2, -0.15) is 0 Å². The van der Waals surface area contributed by atoms with Gasteiger partial charge in [-0.15, -0.1) is 0 Å². The first kappa shape index (κ1) is 10.1. The van der Waals surface area contributed by atoms with Gasteiger partial charge in [0.1, 0.15) is 0 Å². The average Bonchev–Trinajstić information content (AvgIpc) is 2.06. The number of rotatable bonds is 3. The van der Waals surface area contributed by atoms with Crippen LogP contribution in [0, 0.1) is 0 Å². The van der Waals surface area contributed by atoms with Crippen LogP contribution in [0.3, 0.4) is 0 Å². The van der Waals surface area contributed by atoms with E-state index in [-0.39, 0.29) is 5.78 Å². The van der Waals surface area contributed by atoms with E-state index in [2.05, 4.69) is 16.8 Å². The first-order valence-electron chi connectivity index (χ1n) is 4.01. The molecule has 3 nitrogen and oxygen atoms in total. The SMILES string of the molecule is C=C(I)C(=O)CN1CCNCC1. The zero-order valence-electron chi connectivity index (χ0n) is 6.98. The Bertz CT molecular complexity index is 187. The average molecular weight is 280 g/mol. The summed E-state index contributed by atoms with van der Waals surface area (Å²) in [4.78, 5) is 13.4. The van der Waals surface area contributed by atoms with E-state index in [1.54, 1.807) is 0 Å². The first-order valence-corrected chi connectivity index (χ1v) is 5.08. The molecule has 1 rings (SSSR count). The lowest BCUT2D eigenvalue weighted by Gasteiger charge is -2.26. The standard InChI is InChI=1S/C8H13IN2O/c1-7(9)8(12)6-11-4-2-10-3-5-11/h10H,1-6H2. The molecule has 0 aliphatic carbocycles. The number of halogens is 1. The molecule has 68 valence electrons. The Kier molecular flexibility index (Phi) is 4.17. The van der Waals surface area contributed by atoms with E-state index in [9.17, 15) is 4.79 Å². The van der Waals surface area contributed by atoms with Gasteiger partial charge in [0.2, 0.25) is 0 Å². The molecule has 1 heterocycles. The summed E-state index contributed by atoms with van der Waals surface area (Å²) in [6.07, 6.45) is 0. The summed E-state index contributed by atoms with van der Waals surface area (Å²) in [6, 6.07) is 0. The summed E-state index contributed by atoms with van der Waals surface area (Å²) >= 11 is 1.98. The zero-order chi connectivity index (χ0) is 8.97. The summed E-state index contributed by atoms with van der Waals surface area (Å²) in [6.45, 7) is 8.06. The van der Waals surface area contributed by atoms with Crippen LogP contribution >= 0.6 is 22.6 Å². The maximum absolute atomic E-state index is 11.2. The molecule has 0 aromatic rings. The van der Waals surface area contributed by atoms with E-state index in [0.29, 0.717) is 10.1 Å². The molecule has 4 heteroatoms. The molecular weight excluding hydrogens is 267 g/mol. The largest absolute Gasteiger partial charge is 0.314 e. The van der Waals surface area contributed by atoms with Crippen LogP contribution in [0.15, 0.2) is 10.2 Å². The van der Waals surface area contributed by atoms with Gasteiger partial charge in [0.15, 0.2) is 5.78 Å². The van der Waals surface area contributed by atoms with Crippen molar-refractivity contribution in [3.63, 3.8) is 0 Å². The fourth-order valence-electron chi connectivity index (χ4n) is 1.16. The zero-order valence-corrected chi connectivity index (χ0v) is 9.13. The molecule has 12 heavy (non-hydrogen) atoms. The monoisotopic (exact) mass is 280 g/mol. The molecule has 0 saturated carbocycles. The van der Waals surface area contributed by atoms with Crippen molar-refractivity contribution in [2.45, 2.75) is 0 Å². The van der Waals surface area contributed by atoms with Gasteiger partial charge in [-0.25, -0.2) is 0 Å². The second kappa shape index (κ2) is 4.94. The number of piperazine rings is 1. The van der Waals surface area contributed by atoms with Gasteiger partial charge in [-0.05, 0) is 22.6 Å². The van der Waals surface area contributed by atoms with Crippen LogP contribution < -0.4 is 5.32 Å². The van der Waals surface area contributed by atoms with Crippen molar-refractivity contribution in [3.05, 3.63) is 10.2 Å². The minimum atomic E-state index is 0.150. The van der Waals surface area contributed by atoms with Gasteiger partial charge in [0, 0.05) is 26.2 Å². The number of ketones is 1. The van der Waals surface area contributed by atoms with Crippen molar-refractivity contribution in [1.29, 1.82) is 0 Å². The molecule has 1 aliphatic rings. The number of carbonyl (C=O) groups is 1. The first-order chi connectivity index (χ1) is 5.70. The van der Waals surface area contributed by atoms with Crippen LogP contribution in [-0.2, 0) is 4.79 Å². The van der Waals surface area contributed by atoms with Crippen molar-refractivity contribution >= 4 is 28.4 Å². The minimum absolute atomic E-state index is 0.150. The topological polar surface area (TPSA) is 32.3 Å². The highest BCUT2D eigenvalue weighted by Gasteiger charge is 2.13. The second-order valence-corrected chi connectivity index (χ2v) is 4.16. The Morgan fingerprint density at radius 1 is 1.50 bits per heavy atom. The van der Waals surface area contributed by atoms with Crippen LogP contribution in [0.25, 0.3) is 0 Å². The summed E-state index contributed by atoms with van der Waals surface area (Å²) < 4.78 is 0.631. The highest BCUT2D eigenvalue weighted by atomic mass is 127. The molecule has 0 unspecified atom stereocenters. The van der Waals surface area contributed by atoms with Gasteiger partial charge in [-0.1, -0.05) is 6.58 Å². The third-order valence-electron chi connectivity index (χ3n) is 1.88. The Hall–Kier alpha value is 0.0600. The van der Waals surface area contributed by atoms with Gasteiger partial charge in [0.05, 0.1) is 10.1 Å². The van der Waals surface area contributed by atoms with Gasteiger partial charge < -0.3 is 5.32 Å². The molecule has 0 bridgehead atoms. The maximum atomic E-state index is 11.2. The van der Waals surface area contributed by atoms with E-state index in [1.807, 2.05) is 22.6 Å². The molecule has 0 atom stereocenters. The highest BCUT2D eigenvalue weighted by Crippen LogP contribution is 2.04. The lowest BCUT2D eigenvalue weighted by Crippen LogP contribution is -2.45. The number of carbonyl (C=O) groups excluding carboxylic acids is 1. The highest BCUT2D eigenvalue weighted by molar-refractivity contribution is 14.1. The van der Waals surface area contributed by atoms with Crippen molar-refractivity contribution in [1.82, 2.24) is 10.2 Å². The molecule has 0 aromatic heterocycles. The fraction of sp³-hybridized carbons (Fsp3) is 0.625. The maximum Gasteiger partial charge on any atom is 0.182 e. The van der Waals surface area contributed by atoms with Crippen LogP contribution in [0.4, 0.5) is 0 Å².